The molecule has 0 spiro atoms. The number of alkyl halides is 1. The zero-order valence-electron chi connectivity index (χ0n) is 9.88. The molecule has 1 saturated heterocycles. The van der Waals surface area contributed by atoms with Gasteiger partial charge in [-0.15, -0.1) is 0 Å². The number of ether oxygens (including phenoxy) is 1. The number of hydrogen-bond acceptors (Lipinski definition) is 2. The Bertz CT molecular complexity index is 153. The van der Waals surface area contributed by atoms with Crippen LogP contribution in [0.15, 0.2) is 0 Å². The number of nitrogens with zero attached hydrogens (tertiary/aromatic N) is 1. The second-order valence-corrected chi connectivity index (χ2v) is 5.13. The molecule has 1 aliphatic rings. The van der Waals surface area contributed by atoms with E-state index in [4.69, 9.17) is 4.74 Å². The molecule has 0 radical (unpaired) electrons. The maximum absolute atomic E-state index is 5.36. The highest BCUT2D eigenvalue weighted by atomic mass is 79.9. The van der Waals surface area contributed by atoms with Crippen LogP contribution in [0.2, 0.25) is 0 Å². The highest BCUT2D eigenvalue weighted by Crippen LogP contribution is 2.20. The lowest BCUT2D eigenvalue weighted by Gasteiger charge is -2.32. The average Bonchev–Trinajstić information content (AvgIpc) is 2.26. The van der Waals surface area contributed by atoms with Gasteiger partial charge in [-0.25, -0.2) is 0 Å². The van der Waals surface area contributed by atoms with E-state index in [1.807, 2.05) is 0 Å². The van der Waals surface area contributed by atoms with Gasteiger partial charge in [0.05, 0.1) is 0 Å². The highest BCUT2D eigenvalue weighted by molar-refractivity contribution is 9.09. The van der Waals surface area contributed by atoms with Crippen LogP contribution in [-0.2, 0) is 4.74 Å². The predicted molar refractivity (Wildman–Crippen MR) is 68.7 cm³/mol. The Kier molecular flexibility index (Phi) is 7.67. The normalized spacial score (nSPS) is 23.2. The van der Waals surface area contributed by atoms with Gasteiger partial charge in [-0.05, 0) is 45.1 Å². The Morgan fingerprint density at radius 1 is 1.47 bits per heavy atom. The summed E-state index contributed by atoms with van der Waals surface area (Å²) in [7, 11) is 0. The van der Waals surface area contributed by atoms with E-state index in [1.165, 1.54) is 45.3 Å². The molecule has 1 unspecified atom stereocenters. The van der Waals surface area contributed by atoms with Gasteiger partial charge in [-0.3, -0.25) is 0 Å². The van der Waals surface area contributed by atoms with Crippen LogP contribution in [0.1, 0.15) is 32.6 Å². The minimum absolute atomic E-state index is 0.853. The number of piperidine rings is 1. The van der Waals surface area contributed by atoms with Gasteiger partial charge in [0.15, 0.2) is 0 Å². The molecule has 1 heterocycles. The van der Waals surface area contributed by atoms with Crippen molar-refractivity contribution < 1.29 is 4.74 Å². The third-order valence-corrected chi connectivity index (χ3v) is 3.55. The average molecular weight is 278 g/mol. The van der Waals surface area contributed by atoms with Gasteiger partial charge < -0.3 is 9.64 Å². The molecule has 0 aromatic heterocycles. The van der Waals surface area contributed by atoms with Crippen LogP contribution in [0, 0.1) is 5.92 Å². The van der Waals surface area contributed by atoms with Crippen molar-refractivity contribution in [3.63, 3.8) is 0 Å². The molecular formula is C12H24BrNO. The third kappa shape index (κ3) is 5.88. The van der Waals surface area contributed by atoms with Crippen LogP contribution >= 0.6 is 15.9 Å². The van der Waals surface area contributed by atoms with Crippen molar-refractivity contribution in [2.24, 2.45) is 5.92 Å². The topological polar surface area (TPSA) is 12.5 Å². The first-order chi connectivity index (χ1) is 7.36. The SMILES string of the molecule is CCOCCCN1CCCC(CCBr)C1. The number of hydrogen-bond donors (Lipinski definition) is 0. The largest absolute Gasteiger partial charge is 0.382 e. The Morgan fingerprint density at radius 3 is 3.07 bits per heavy atom. The van der Waals surface area contributed by atoms with E-state index in [2.05, 4.69) is 27.8 Å². The first kappa shape index (κ1) is 13.5. The fraction of sp³-hybridized carbons (Fsp3) is 1.00. The number of likely N-dealkylation sites (tertiary alicyclic amines) is 1. The molecule has 0 N–H and O–H groups in total. The predicted octanol–water partition coefficient (Wildman–Crippen LogP) is 2.91. The molecule has 0 amide bonds. The van der Waals surface area contributed by atoms with Crippen molar-refractivity contribution in [1.82, 2.24) is 4.90 Å². The van der Waals surface area contributed by atoms with Crippen molar-refractivity contribution >= 4 is 15.9 Å². The molecule has 0 saturated carbocycles. The summed E-state index contributed by atoms with van der Waals surface area (Å²) in [5, 5.41) is 1.16. The quantitative estimate of drug-likeness (QED) is 0.524. The summed E-state index contributed by atoms with van der Waals surface area (Å²) in [5.74, 6) is 0.921. The van der Waals surface area contributed by atoms with Gasteiger partial charge in [0.2, 0.25) is 0 Å². The molecule has 15 heavy (non-hydrogen) atoms. The van der Waals surface area contributed by atoms with E-state index in [9.17, 15) is 0 Å². The monoisotopic (exact) mass is 277 g/mol. The van der Waals surface area contributed by atoms with E-state index in [0.717, 1.165) is 24.5 Å². The summed E-state index contributed by atoms with van der Waals surface area (Å²) in [4.78, 5) is 2.61. The second-order valence-electron chi connectivity index (χ2n) is 4.34. The molecule has 0 bridgehead atoms. The minimum Gasteiger partial charge on any atom is -0.382 e. The Labute approximate surface area is 102 Å². The van der Waals surface area contributed by atoms with Crippen LogP contribution in [0.4, 0.5) is 0 Å². The molecule has 90 valence electrons. The lowest BCUT2D eigenvalue weighted by Crippen LogP contribution is -2.36. The summed E-state index contributed by atoms with van der Waals surface area (Å²) in [6, 6.07) is 0. The maximum Gasteiger partial charge on any atom is 0.0478 e. The van der Waals surface area contributed by atoms with Gasteiger partial charge >= 0.3 is 0 Å². The molecule has 2 nitrogen and oxygen atoms in total. The molecule has 0 aromatic rings. The van der Waals surface area contributed by atoms with Crippen LogP contribution in [0.25, 0.3) is 0 Å². The van der Waals surface area contributed by atoms with Crippen molar-refractivity contribution in [3.8, 4) is 0 Å². The zero-order valence-corrected chi connectivity index (χ0v) is 11.5. The molecule has 1 aliphatic heterocycles. The maximum atomic E-state index is 5.36. The molecule has 1 fully saturated rings. The lowest BCUT2D eigenvalue weighted by atomic mass is 9.95. The van der Waals surface area contributed by atoms with Gasteiger partial charge in [-0.1, -0.05) is 15.9 Å². The van der Waals surface area contributed by atoms with Crippen molar-refractivity contribution in [3.05, 3.63) is 0 Å². The van der Waals surface area contributed by atoms with Gasteiger partial charge in [0, 0.05) is 31.6 Å². The van der Waals surface area contributed by atoms with Crippen LogP contribution < -0.4 is 0 Å². The van der Waals surface area contributed by atoms with Gasteiger partial charge in [0.25, 0.3) is 0 Å². The van der Waals surface area contributed by atoms with Crippen molar-refractivity contribution in [2.75, 3.05) is 38.2 Å². The van der Waals surface area contributed by atoms with E-state index < -0.39 is 0 Å². The summed E-state index contributed by atoms with van der Waals surface area (Å²) in [6.45, 7) is 7.66. The summed E-state index contributed by atoms with van der Waals surface area (Å²) < 4.78 is 5.36. The molecule has 1 atom stereocenters. The van der Waals surface area contributed by atoms with Crippen molar-refractivity contribution in [1.29, 1.82) is 0 Å². The summed E-state index contributed by atoms with van der Waals surface area (Å²) in [6.07, 6.45) is 5.33. The smallest absolute Gasteiger partial charge is 0.0478 e. The third-order valence-electron chi connectivity index (χ3n) is 3.09. The standard InChI is InChI=1S/C12H24BrNO/c1-2-15-10-4-9-14-8-3-5-12(11-14)6-7-13/h12H,2-11H2,1H3. The zero-order chi connectivity index (χ0) is 10.9. The van der Waals surface area contributed by atoms with Gasteiger partial charge in [-0.2, -0.15) is 0 Å². The van der Waals surface area contributed by atoms with Crippen LogP contribution in [-0.4, -0.2) is 43.1 Å². The number of halogens is 1. The molecular weight excluding hydrogens is 254 g/mol. The molecule has 3 heteroatoms. The first-order valence-electron chi connectivity index (χ1n) is 6.23. The molecule has 1 rings (SSSR count). The van der Waals surface area contributed by atoms with E-state index in [1.54, 1.807) is 0 Å². The minimum atomic E-state index is 0.853. The fourth-order valence-electron chi connectivity index (χ4n) is 2.28. The van der Waals surface area contributed by atoms with Crippen LogP contribution in [0.3, 0.4) is 0 Å². The number of rotatable bonds is 7. The Morgan fingerprint density at radius 2 is 2.33 bits per heavy atom. The van der Waals surface area contributed by atoms with Gasteiger partial charge in [0.1, 0.15) is 0 Å². The summed E-state index contributed by atoms with van der Waals surface area (Å²) in [5.41, 5.74) is 0. The van der Waals surface area contributed by atoms with Crippen LogP contribution in [0.5, 0.6) is 0 Å². The summed E-state index contributed by atoms with van der Waals surface area (Å²) >= 11 is 3.54. The van der Waals surface area contributed by atoms with E-state index in [-0.39, 0.29) is 0 Å². The molecule has 0 aliphatic carbocycles. The highest BCUT2D eigenvalue weighted by Gasteiger charge is 2.18. The second kappa shape index (κ2) is 8.54. The lowest BCUT2D eigenvalue weighted by molar-refractivity contribution is 0.117. The molecule has 0 aromatic carbocycles. The fourth-order valence-corrected chi connectivity index (χ4v) is 2.93. The van der Waals surface area contributed by atoms with Crippen molar-refractivity contribution in [2.45, 2.75) is 32.6 Å². The Balaban J connectivity index is 2.07. The first-order valence-corrected chi connectivity index (χ1v) is 7.35. The Hall–Kier alpha value is 0.400. The van der Waals surface area contributed by atoms with E-state index in [0.29, 0.717) is 0 Å². The van der Waals surface area contributed by atoms with E-state index >= 15 is 0 Å².